The molecule has 1 aliphatic heterocycles. The molecule has 94 valence electrons. The van der Waals surface area contributed by atoms with Crippen molar-refractivity contribution in [1.82, 2.24) is 4.90 Å². The molecule has 1 saturated heterocycles. The number of oxime groups is 1. The monoisotopic (exact) mass is 229 g/mol. The molecule has 0 aliphatic carbocycles. The van der Waals surface area contributed by atoms with Crippen LogP contribution in [0.5, 0.6) is 0 Å². The normalized spacial score (nSPS) is 21.9. The fraction of sp³-hybridized carbons (Fsp3) is 0.909. The van der Waals surface area contributed by atoms with Gasteiger partial charge in [0.25, 0.3) is 0 Å². The van der Waals surface area contributed by atoms with Crippen molar-refractivity contribution in [2.24, 2.45) is 10.9 Å². The van der Waals surface area contributed by atoms with Gasteiger partial charge in [-0.1, -0.05) is 12.1 Å². The molecular weight excluding hydrogens is 206 g/mol. The van der Waals surface area contributed by atoms with Crippen LogP contribution in [0.4, 0.5) is 0 Å². The van der Waals surface area contributed by atoms with Gasteiger partial charge in [-0.2, -0.15) is 0 Å². The molecule has 1 fully saturated rings. The molecule has 0 spiro atoms. The molecule has 0 aromatic rings. The molecule has 5 heteroatoms. The summed E-state index contributed by atoms with van der Waals surface area (Å²) in [6, 6.07) is 0. The van der Waals surface area contributed by atoms with E-state index < -0.39 is 0 Å². The summed E-state index contributed by atoms with van der Waals surface area (Å²) in [5.41, 5.74) is 5.42. The molecule has 0 aromatic carbocycles. The zero-order valence-corrected chi connectivity index (χ0v) is 10.1. The van der Waals surface area contributed by atoms with Crippen LogP contribution in [-0.4, -0.2) is 48.3 Å². The number of amidine groups is 1. The van der Waals surface area contributed by atoms with Gasteiger partial charge in [0.2, 0.25) is 0 Å². The van der Waals surface area contributed by atoms with Gasteiger partial charge in [0.1, 0.15) is 5.84 Å². The average molecular weight is 229 g/mol. The lowest BCUT2D eigenvalue weighted by atomic mass is 10.2. The minimum absolute atomic E-state index is 0.313. The minimum Gasteiger partial charge on any atom is -0.409 e. The van der Waals surface area contributed by atoms with Crippen LogP contribution in [0.3, 0.4) is 0 Å². The zero-order valence-electron chi connectivity index (χ0n) is 10.1. The molecule has 3 N–H and O–H groups in total. The van der Waals surface area contributed by atoms with Gasteiger partial charge >= 0.3 is 0 Å². The van der Waals surface area contributed by atoms with Crippen molar-refractivity contribution in [2.45, 2.75) is 38.7 Å². The van der Waals surface area contributed by atoms with Crippen LogP contribution in [0.2, 0.25) is 0 Å². The summed E-state index contributed by atoms with van der Waals surface area (Å²) in [5.74, 6) is 0.313. The second-order valence-electron chi connectivity index (χ2n) is 4.22. The van der Waals surface area contributed by atoms with Gasteiger partial charge in [0.05, 0.1) is 6.10 Å². The van der Waals surface area contributed by atoms with E-state index in [0.29, 0.717) is 18.4 Å². The van der Waals surface area contributed by atoms with E-state index in [-0.39, 0.29) is 0 Å². The highest BCUT2D eigenvalue weighted by Gasteiger charge is 2.18. The van der Waals surface area contributed by atoms with Crippen molar-refractivity contribution in [1.29, 1.82) is 0 Å². The smallest absolute Gasteiger partial charge is 0.139 e. The fourth-order valence-electron chi connectivity index (χ4n) is 1.99. The molecular formula is C11H23N3O2. The Morgan fingerprint density at radius 2 is 2.44 bits per heavy atom. The zero-order chi connectivity index (χ0) is 11.8. The molecule has 16 heavy (non-hydrogen) atoms. The van der Waals surface area contributed by atoms with E-state index in [0.717, 1.165) is 32.7 Å². The van der Waals surface area contributed by atoms with Gasteiger partial charge in [0, 0.05) is 19.6 Å². The summed E-state index contributed by atoms with van der Waals surface area (Å²) in [4.78, 5) is 2.36. The summed E-state index contributed by atoms with van der Waals surface area (Å²) in [7, 11) is 0. The average Bonchev–Trinajstić information content (AvgIpc) is 2.80. The lowest BCUT2D eigenvalue weighted by molar-refractivity contribution is 0.0746. The molecule has 1 unspecified atom stereocenters. The quantitative estimate of drug-likeness (QED) is 0.296. The molecule has 1 heterocycles. The molecule has 0 aromatic heterocycles. The molecule has 0 bridgehead atoms. The van der Waals surface area contributed by atoms with Gasteiger partial charge in [-0.15, -0.1) is 0 Å². The first-order chi connectivity index (χ1) is 7.76. The Balaban J connectivity index is 2.15. The van der Waals surface area contributed by atoms with Gasteiger partial charge in [-0.05, 0) is 32.4 Å². The predicted octanol–water partition coefficient (Wildman–Crippen LogP) is 1.01. The second-order valence-corrected chi connectivity index (χ2v) is 4.22. The topological polar surface area (TPSA) is 71.1 Å². The number of hydrogen-bond donors (Lipinski definition) is 2. The highest BCUT2D eigenvalue weighted by molar-refractivity contribution is 5.79. The molecule has 0 saturated carbocycles. The van der Waals surface area contributed by atoms with Gasteiger partial charge in [-0.25, -0.2) is 0 Å². The standard InChI is InChI=1S/C11H23N3O2/c1-2-14(7-3-6-11(12)13-15)9-10-5-4-8-16-10/h10,15H,2-9H2,1H3,(H2,12,13). The number of hydrogen-bond acceptors (Lipinski definition) is 4. The van der Waals surface area contributed by atoms with E-state index in [2.05, 4.69) is 17.0 Å². The van der Waals surface area contributed by atoms with Crippen LogP contribution in [0.25, 0.3) is 0 Å². The molecule has 5 nitrogen and oxygen atoms in total. The Morgan fingerprint density at radius 1 is 1.62 bits per heavy atom. The Morgan fingerprint density at radius 3 is 3.00 bits per heavy atom. The third kappa shape index (κ3) is 4.81. The van der Waals surface area contributed by atoms with Gasteiger partial charge < -0.3 is 20.6 Å². The van der Waals surface area contributed by atoms with E-state index in [4.69, 9.17) is 15.7 Å². The van der Waals surface area contributed by atoms with Crippen molar-refractivity contribution in [2.75, 3.05) is 26.2 Å². The van der Waals surface area contributed by atoms with E-state index >= 15 is 0 Å². The van der Waals surface area contributed by atoms with Gasteiger partial charge in [-0.3, -0.25) is 0 Å². The lowest BCUT2D eigenvalue weighted by Gasteiger charge is -2.23. The first-order valence-electron chi connectivity index (χ1n) is 6.06. The van der Waals surface area contributed by atoms with Crippen LogP contribution in [0.1, 0.15) is 32.6 Å². The Labute approximate surface area is 97.2 Å². The maximum atomic E-state index is 8.42. The maximum Gasteiger partial charge on any atom is 0.139 e. The van der Waals surface area contributed by atoms with E-state index in [9.17, 15) is 0 Å². The highest BCUT2D eigenvalue weighted by atomic mass is 16.5. The molecule has 0 radical (unpaired) electrons. The molecule has 1 rings (SSSR count). The van der Waals surface area contributed by atoms with Crippen molar-refractivity contribution >= 4 is 5.84 Å². The lowest BCUT2D eigenvalue weighted by Crippen LogP contribution is -2.33. The molecule has 1 atom stereocenters. The first kappa shape index (κ1) is 13.3. The van der Waals surface area contributed by atoms with Crippen molar-refractivity contribution < 1.29 is 9.94 Å². The van der Waals surface area contributed by atoms with Crippen LogP contribution in [-0.2, 0) is 4.74 Å². The summed E-state index contributed by atoms with van der Waals surface area (Å²) >= 11 is 0. The summed E-state index contributed by atoms with van der Waals surface area (Å²) < 4.78 is 5.60. The minimum atomic E-state index is 0.313. The van der Waals surface area contributed by atoms with Crippen LogP contribution in [0, 0.1) is 0 Å². The number of ether oxygens (including phenoxy) is 1. The SMILES string of the molecule is CCN(CCC/C(N)=N/O)CC1CCCO1. The summed E-state index contributed by atoms with van der Waals surface area (Å²) in [5, 5.41) is 11.4. The van der Waals surface area contributed by atoms with E-state index in [1.54, 1.807) is 0 Å². The van der Waals surface area contributed by atoms with Crippen molar-refractivity contribution in [3.8, 4) is 0 Å². The predicted molar refractivity (Wildman–Crippen MR) is 63.7 cm³/mol. The van der Waals surface area contributed by atoms with Crippen LogP contribution < -0.4 is 5.73 Å². The largest absolute Gasteiger partial charge is 0.409 e. The number of nitrogens with zero attached hydrogens (tertiary/aromatic N) is 2. The third-order valence-corrected chi connectivity index (χ3v) is 2.97. The van der Waals surface area contributed by atoms with Crippen molar-refractivity contribution in [3.63, 3.8) is 0 Å². The van der Waals surface area contributed by atoms with Crippen molar-refractivity contribution in [3.05, 3.63) is 0 Å². The third-order valence-electron chi connectivity index (χ3n) is 2.97. The maximum absolute atomic E-state index is 8.42. The summed E-state index contributed by atoms with van der Waals surface area (Å²) in [6.45, 7) is 6.07. The molecule has 1 aliphatic rings. The summed E-state index contributed by atoms with van der Waals surface area (Å²) in [6.07, 6.45) is 4.35. The fourth-order valence-corrected chi connectivity index (χ4v) is 1.99. The number of nitrogens with two attached hydrogens (primary N) is 1. The highest BCUT2D eigenvalue weighted by Crippen LogP contribution is 2.13. The Kier molecular flexibility index (Phi) is 6.18. The van der Waals surface area contributed by atoms with E-state index in [1.807, 2.05) is 0 Å². The van der Waals surface area contributed by atoms with Gasteiger partial charge in [0.15, 0.2) is 0 Å². The first-order valence-corrected chi connectivity index (χ1v) is 6.06. The Hall–Kier alpha value is -0.810. The van der Waals surface area contributed by atoms with E-state index in [1.165, 1.54) is 12.8 Å². The number of rotatable bonds is 7. The molecule has 0 amide bonds. The Bertz CT molecular complexity index is 215. The number of likely N-dealkylation sites (N-methyl/N-ethyl adjacent to an activating group) is 1. The van der Waals surface area contributed by atoms with Crippen LogP contribution >= 0.6 is 0 Å². The van der Waals surface area contributed by atoms with Crippen LogP contribution in [0.15, 0.2) is 5.16 Å². The second kappa shape index (κ2) is 7.46.